The molecule has 3 nitrogen and oxygen atoms in total. The normalized spacial score (nSPS) is 15.8. The van der Waals surface area contributed by atoms with Gasteiger partial charge in [-0.3, -0.25) is 4.79 Å². The highest BCUT2D eigenvalue weighted by Gasteiger charge is 2.26. The molecule has 0 saturated carbocycles. The molecule has 1 aromatic carbocycles. The Kier molecular flexibility index (Phi) is 4.48. The van der Waals surface area contributed by atoms with Gasteiger partial charge in [0.1, 0.15) is 0 Å². The number of hydrogen-bond acceptors (Lipinski definition) is 2. The van der Waals surface area contributed by atoms with Crippen LogP contribution in [0.2, 0.25) is 0 Å². The molecule has 1 atom stereocenters. The standard InChI is InChI=1S/C17H26N2O/c1-17(2,3)15(9-10-18)19-16(20)14-8-7-12-5-4-6-13(12)11-14/h7-8,11,15H,4-6,9-10,18H2,1-3H3,(H,19,20). The van der Waals surface area contributed by atoms with E-state index in [9.17, 15) is 4.79 Å². The number of rotatable bonds is 4. The Balaban J connectivity index is 2.11. The average molecular weight is 274 g/mol. The Bertz CT molecular complexity index is 488. The van der Waals surface area contributed by atoms with Gasteiger partial charge in [0.15, 0.2) is 0 Å². The lowest BCUT2D eigenvalue weighted by Gasteiger charge is -2.31. The monoisotopic (exact) mass is 274 g/mol. The van der Waals surface area contributed by atoms with Crippen LogP contribution in [-0.2, 0) is 12.8 Å². The molecule has 3 heteroatoms. The minimum absolute atomic E-state index is 0.0196. The number of carbonyl (C=O) groups is 1. The first kappa shape index (κ1) is 15.0. The molecule has 0 radical (unpaired) electrons. The van der Waals surface area contributed by atoms with E-state index >= 15 is 0 Å². The van der Waals surface area contributed by atoms with Crippen LogP contribution in [0.5, 0.6) is 0 Å². The third-order valence-electron chi connectivity index (χ3n) is 4.17. The smallest absolute Gasteiger partial charge is 0.251 e. The molecular formula is C17H26N2O. The van der Waals surface area contributed by atoms with Gasteiger partial charge in [-0.25, -0.2) is 0 Å². The van der Waals surface area contributed by atoms with E-state index in [0.29, 0.717) is 6.54 Å². The SMILES string of the molecule is CC(C)(C)C(CCN)NC(=O)c1ccc2c(c1)CCC2. The maximum absolute atomic E-state index is 12.4. The number of nitrogens with one attached hydrogen (secondary N) is 1. The molecule has 0 aromatic heterocycles. The largest absolute Gasteiger partial charge is 0.349 e. The summed E-state index contributed by atoms with van der Waals surface area (Å²) in [6.45, 7) is 7.00. The number of nitrogens with two attached hydrogens (primary N) is 1. The molecule has 20 heavy (non-hydrogen) atoms. The van der Waals surface area contributed by atoms with E-state index in [0.717, 1.165) is 24.8 Å². The Morgan fingerprint density at radius 1 is 1.30 bits per heavy atom. The second-order valence-corrected chi connectivity index (χ2v) is 6.81. The molecule has 1 aliphatic rings. The molecule has 1 aliphatic carbocycles. The summed E-state index contributed by atoms with van der Waals surface area (Å²) in [5, 5.41) is 3.15. The molecule has 0 fully saturated rings. The van der Waals surface area contributed by atoms with Crippen LogP contribution in [0.1, 0.15) is 55.1 Å². The summed E-state index contributed by atoms with van der Waals surface area (Å²) in [4.78, 5) is 12.4. The summed E-state index contributed by atoms with van der Waals surface area (Å²) in [6, 6.07) is 6.21. The van der Waals surface area contributed by atoms with Gasteiger partial charge in [0.2, 0.25) is 0 Å². The van der Waals surface area contributed by atoms with Crippen LogP contribution < -0.4 is 11.1 Å². The minimum atomic E-state index is 0.0196. The first-order valence-corrected chi connectivity index (χ1v) is 7.54. The zero-order chi connectivity index (χ0) is 14.8. The summed E-state index contributed by atoms with van der Waals surface area (Å²) >= 11 is 0. The maximum Gasteiger partial charge on any atom is 0.251 e. The zero-order valence-corrected chi connectivity index (χ0v) is 12.8. The highest BCUT2D eigenvalue weighted by atomic mass is 16.1. The van der Waals surface area contributed by atoms with E-state index in [1.807, 2.05) is 6.07 Å². The quantitative estimate of drug-likeness (QED) is 0.887. The molecule has 3 N–H and O–H groups in total. The lowest BCUT2D eigenvalue weighted by atomic mass is 9.84. The van der Waals surface area contributed by atoms with Gasteiger partial charge in [0.05, 0.1) is 0 Å². The maximum atomic E-state index is 12.4. The molecule has 0 spiro atoms. The fourth-order valence-corrected chi connectivity index (χ4v) is 2.84. The molecule has 1 amide bonds. The number of benzene rings is 1. The first-order valence-electron chi connectivity index (χ1n) is 7.54. The van der Waals surface area contributed by atoms with Crippen LogP contribution in [0, 0.1) is 5.41 Å². The molecule has 1 unspecified atom stereocenters. The van der Waals surface area contributed by atoms with E-state index in [4.69, 9.17) is 5.73 Å². The number of fused-ring (bicyclic) bond motifs is 1. The van der Waals surface area contributed by atoms with Crippen LogP contribution in [0.4, 0.5) is 0 Å². The van der Waals surface area contributed by atoms with Crippen LogP contribution in [0.25, 0.3) is 0 Å². The average Bonchev–Trinajstić information content (AvgIpc) is 2.84. The fourth-order valence-electron chi connectivity index (χ4n) is 2.84. The van der Waals surface area contributed by atoms with E-state index in [2.05, 4.69) is 38.2 Å². The lowest BCUT2D eigenvalue weighted by molar-refractivity contribution is 0.0899. The van der Waals surface area contributed by atoms with Crippen molar-refractivity contribution in [3.8, 4) is 0 Å². The van der Waals surface area contributed by atoms with Gasteiger partial charge in [-0.05, 0) is 60.9 Å². The van der Waals surface area contributed by atoms with E-state index in [-0.39, 0.29) is 17.4 Å². The molecule has 0 saturated heterocycles. The summed E-state index contributed by atoms with van der Waals surface area (Å²) in [5.41, 5.74) is 9.19. The van der Waals surface area contributed by atoms with Crippen molar-refractivity contribution >= 4 is 5.91 Å². The van der Waals surface area contributed by atoms with Gasteiger partial charge >= 0.3 is 0 Å². The van der Waals surface area contributed by atoms with Crippen LogP contribution in [-0.4, -0.2) is 18.5 Å². The third-order valence-corrected chi connectivity index (χ3v) is 4.17. The number of carbonyl (C=O) groups excluding carboxylic acids is 1. The number of aryl methyl sites for hydroxylation is 2. The van der Waals surface area contributed by atoms with Crippen molar-refractivity contribution in [2.75, 3.05) is 6.54 Å². The van der Waals surface area contributed by atoms with Crippen molar-refractivity contribution in [2.24, 2.45) is 11.1 Å². The molecule has 0 bridgehead atoms. The van der Waals surface area contributed by atoms with Gasteiger partial charge in [-0.2, -0.15) is 0 Å². The highest BCUT2D eigenvalue weighted by molar-refractivity contribution is 5.94. The van der Waals surface area contributed by atoms with Gasteiger partial charge < -0.3 is 11.1 Å². The topological polar surface area (TPSA) is 55.1 Å². The van der Waals surface area contributed by atoms with Crippen molar-refractivity contribution in [1.82, 2.24) is 5.32 Å². The molecular weight excluding hydrogens is 248 g/mol. The predicted octanol–water partition coefficient (Wildman–Crippen LogP) is 2.67. The van der Waals surface area contributed by atoms with Gasteiger partial charge in [0, 0.05) is 11.6 Å². The summed E-state index contributed by atoms with van der Waals surface area (Å²) in [6.07, 6.45) is 4.26. The van der Waals surface area contributed by atoms with E-state index < -0.39 is 0 Å². The molecule has 0 heterocycles. The van der Waals surface area contributed by atoms with Gasteiger partial charge in [0.25, 0.3) is 5.91 Å². The number of hydrogen-bond donors (Lipinski definition) is 2. The Labute approximate surface area is 121 Å². The van der Waals surface area contributed by atoms with Crippen LogP contribution in [0.3, 0.4) is 0 Å². The molecule has 1 aromatic rings. The summed E-state index contributed by atoms with van der Waals surface area (Å²) < 4.78 is 0. The Morgan fingerprint density at radius 2 is 2.00 bits per heavy atom. The molecule has 110 valence electrons. The van der Waals surface area contributed by atoms with Crippen molar-refractivity contribution < 1.29 is 4.79 Å². The van der Waals surface area contributed by atoms with Crippen LogP contribution >= 0.6 is 0 Å². The molecule has 0 aliphatic heterocycles. The fraction of sp³-hybridized carbons (Fsp3) is 0.588. The summed E-state index contributed by atoms with van der Waals surface area (Å²) in [7, 11) is 0. The number of amides is 1. The zero-order valence-electron chi connectivity index (χ0n) is 12.8. The van der Waals surface area contributed by atoms with E-state index in [1.54, 1.807) is 0 Å². The first-order chi connectivity index (χ1) is 9.41. The molecule has 2 rings (SSSR count). The van der Waals surface area contributed by atoms with Crippen molar-refractivity contribution in [1.29, 1.82) is 0 Å². The Morgan fingerprint density at radius 3 is 2.65 bits per heavy atom. The Hall–Kier alpha value is -1.35. The second-order valence-electron chi connectivity index (χ2n) is 6.81. The second kappa shape index (κ2) is 5.96. The van der Waals surface area contributed by atoms with Crippen molar-refractivity contribution in [2.45, 2.75) is 52.5 Å². The van der Waals surface area contributed by atoms with E-state index in [1.165, 1.54) is 17.5 Å². The predicted molar refractivity (Wildman–Crippen MR) is 82.8 cm³/mol. The van der Waals surface area contributed by atoms with Crippen molar-refractivity contribution in [3.05, 3.63) is 34.9 Å². The minimum Gasteiger partial charge on any atom is -0.349 e. The third kappa shape index (κ3) is 3.40. The van der Waals surface area contributed by atoms with Gasteiger partial charge in [-0.1, -0.05) is 26.8 Å². The van der Waals surface area contributed by atoms with Crippen molar-refractivity contribution in [3.63, 3.8) is 0 Å². The lowest BCUT2D eigenvalue weighted by Crippen LogP contribution is -2.44. The van der Waals surface area contributed by atoms with Gasteiger partial charge in [-0.15, -0.1) is 0 Å². The summed E-state index contributed by atoms with van der Waals surface area (Å²) in [5.74, 6) is 0.0214. The van der Waals surface area contributed by atoms with Crippen LogP contribution in [0.15, 0.2) is 18.2 Å². The highest BCUT2D eigenvalue weighted by Crippen LogP contribution is 2.24.